The summed E-state index contributed by atoms with van der Waals surface area (Å²) in [6, 6.07) is 8.74. The first-order valence-corrected chi connectivity index (χ1v) is 8.51. The van der Waals surface area contributed by atoms with E-state index in [1.807, 2.05) is 19.9 Å². The van der Waals surface area contributed by atoms with Gasteiger partial charge in [0.25, 0.3) is 0 Å². The van der Waals surface area contributed by atoms with E-state index in [2.05, 4.69) is 58.3 Å². The summed E-state index contributed by atoms with van der Waals surface area (Å²) in [6.45, 7) is 8.54. The standard InChI is InChI=1S/C17H29BrN2O/c1-5-11-19-16(14-8-6-7-9-15(14)18)10-12-20(4)13-17(2,3)21/h6-9,16,19,21H,5,10-13H2,1-4H3. The molecule has 0 radical (unpaired) electrons. The van der Waals surface area contributed by atoms with Crippen molar-refractivity contribution in [3.8, 4) is 0 Å². The second-order valence-electron chi connectivity index (χ2n) is 6.37. The molecule has 0 fully saturated rings. The van der Waals surface area contributed by atoms with Gasteiger partial charge in [-0.05, 0) is 58.5 Å². The topological polar surface area (TPSA) is 35.5 Å². The maximum Gasteiger partial charge on any atom is 0.0718 e. The molecule has 3 nitrogen and oxygen atoms in total. The molecule has 0 aromatic heterocycles. The Morgan fingerprint density at radius 3 is 2.57 bits per heavy atom. The van der Waals surface area contributed by atoms with E-state index in [9.17, 15) is 5.11 Å². The number of rotatable bonds is 9. The number of benzene rings is 1. The summed E-state index contributed by atoms with van der Waals surface area (Å²) in [4.78, 5) is 2.19. The minimum absolute atomic E-state index is 0.338. The van der Waals surface area contributed by atoms with Crippen LogP contribution in [0.3, 0.4) is 0 Å². The number of aliphatic hydroxyl groups is 1. The predicted molar refractivity (Wildman–Crippen MR) is 93.6 cm³/mol. The molecular weight excluding hydrogens is 328 g/mol. The van der Waals surface area contributed by atoms with Crippen LogP contribution in [0.4, 0.5) is 0 Å². The van der Waals surface area contributed by atoms with Crippen molar-refractivity contribution in [2.45, 2.75) is 45.3 Å². The Balaban J connectivity index is 2.65. The van der Waals surface area contributed by atoms with Gasteiger partial charge in [-0.15, -0.1) is 0 Å². The van der Waals surface area contributed by atoms with Crippen LogP contribution in [0.15, 0.2) is 28.7 Å². The fraction of sp³-hybridized carbons (Fsp3) is 0.647. The van der Waals surface area contributed by atoms with E-state index in [0.29, 0.717) is 12.6 Å². The van der Waals surface area contributed by atoms with Gasteiger partial charge < -0.3 is 15.3 Å². The minimum Gasteiger partial charge on any atom is -0.389 e. The van der Waals surface area contributed by atoms with E-state index in [0.717, 1.165) is 30.4 Å². The van der Waals surface area contributed by atoms with Crippen molar-refractivity contribution in [3.05, 3.63) is 34.3 Å². The van der Waals surface area contributed by atoms with Crippen LogP contribution < -0.4 is 5.32 Å². The van der Waals surface area contributed by atoms with Crippen molar-refractivity contribution in [1.82, 2.24) is 10.2 Å². The first kappa shape index (κ1) is 18.6. The van der Waals surface area contributed by atoms with Crippen LogP contribution in [0.2, 0.25) is 0 Å². The molecule has 0 aliphatic heterocycles. The lowest BCUT2D eigenvalue weighted by atomic mass is 10.0. The Bertz CT molecular complexity index is 417. The van der Waals surface area contributed by atoms with Gasteiger partial charge in [-0.2, -0.15) is 0 Å². The van der Waals surface area contributed by atoms with Crippen LogP contribution in [0.5, 0.6) is 0 Å². The SMILES string of the molecule is CCCNC(CCN(C)CC(C)(C)O)c1ccccc1Br. The first-order chi connectivity index (χ1) is 9.83. The molecule has 1 rings (SSSR count). The zero-order valence-corrected chi connectivity index (χ0v) is 15.3. The fourth-order valence-electron chi connectivity index (χ4n) is 2.53. The second-order valence-corrected chi connectivity index (χ2v) is 7.22. The number of halogens is 1. The summed E-state index contributed by atoms with van der Waals surface area (Å²) < 4.78 is 1.16. The van der Waals surface area contributed by atoms with Crippen molar-refractivity contribution in [1.29, 1.82) is 0 Å². The van der Waals surface area contributed by atoms with Gasteiger partial charge in [0.05, 0.1) is 5.60 Å². The molecule has 4 heteroatoms. The van der Waals surface area contributed by atoms with E-state index in [1.54, 1.807) is 0 Å². The maximum absolute atomic E-state index is 9.89. The molecule has 1 unspecified atom stereocenters. The van der Waals surface area contributed by atoms with Gasteiger partial charge in [-0.25, -0.2) is 0 Å². The lowest BCUT2D eigenvalue weighted by Crippen LogP contribution is -2.37. The molecule has 2 N–H and O–H groups in total. The molecule has 0 saturated carbocycles. The molecule has 0 spiro atoms. The van der Waals surface area contributed by atoms with E-state index < -0.39 is 5.60 Å². The average molecular weight is 357 g/mol. The second kappa shape index (κ2) is 8.89. The van der Waals surface area contributed by atoms with Crippen LogP contribution in [0, 0.1) is 0 Å². The van der Waals surface area contributed by atoms with Gasteiger partial charge in [0.2, 0.25) is 0 Å². The highest BCUT2D eigenvalue weighted by molar-refractivity contribution is 9.10. The van der Waals surface area contributed by atoms with Crippen molar-refractivity contribution < 1.29 is 5.11 Å². The molecule has 0 aliphatic carbocycles. The summed E-state index contributed by atoms with van der Waals surface area (Å²) in [5, 5.41) is 13.5. The van der Waals surface area contributed by atoms with Crippen molar-refractivity contribution in [2.24, 2.45) is 0 Å². The number of hydrogen-bond donors (Lipinski definition) is 2. The number of likely N-dealkylation sites (N-methyl/N-ethyl adjacent to an activating group) is 1. The molecule has 0 bridgehead atoms. The van der Waals surface area contributed by atoms with Gasteiger partial charge >= 0.3 is 0 Å². The van der Waals surface area contributed by atoms with Gasteiger partial charge in [-0.1, -0.05) is 41.1 Å². The molecule has 0 amide bonds. The summed E-state index contributed by atoms with van der Waals surface area (Å²) in [6.07, 6.45) is 2.15. The van der Waals surface area contributed by atoms with Gasteiger partial charge in [0.1, 0.15) is 0 Å². The van der Waals surface area contributed by atoms with Gasteiger partial charge in [0, 0.05) is 17.1 Å². The van der Waals surface area contributed by atoms with Crippen LogP contribution in [-0.2, 0) is 0 Å². The van der Waals surface area contributed by atoms with Gasteiger partial charge in [-0.3, -0.25) is 0 Å². The third-order valence-electron chi connectivity index (χ3n) is 3.38. The lowest BCUT2D eigenvalue weighted by molar-refractivity contribution is 0.0435. The van der Waals surface area contributed by atoms with Crippen LogP contribution in [0.25, 0.3) is 0 Å². The molecule has 0 heterocycles. The molecule has 1 aromatic rings. The molecule has 1 aromatic carbocycles. The van der Waals surface area contributed by atoms with E-state index in [4.69, 9.17) is 0 Å². The highest BCUT2D eigenvalue weighted by Gasteiger charge is 2.18. The number of hydrogen-bond acceptors (Lipinski definition) is 3. The highest BCUT2D eigenvalue weighted by atomic mass is 79.9. The zero-order valence-electron chi connectivity index (χ0n) is 13.7. The predicted octanol–water partition coefficient (Wildman–Crippen LogP) is 3.58. The smallest absolute Gasteiger partial charge is 0.0718 e. The van der Waals surface area contributed by atoms with Crippen molar-refractivity contribution >= 4 is 15.9 Å². The summed E-state index contributed by atoms with van der Waals surface area (Å²) in [5.41, 5.74) is 0.664. The number of nitrogens with zero attached hydrogens (tertiary/aromatic N) is 1. The fourth-order valence-corrected chi connectivity index (χ4v) is 3.09. The highest BCUT2D eigenvalue weighted by Crippen LogP contribution is 2.25. The van der Waals surface area contributed by atoms with E-state index >= 15 is 0 Å². The Hall–Kier alpha value is -0.420. The van der Waals surface area contributed by atoms with Crippen molar-refractivity contribution in [3.63, 3.8) is 0 Å². The van der Waals surface area contributed by atoms with Gasteiger partial charge in [0.15, 0.2) is 0 Å². The first-order valence-electron chi connectivity index (χ1n) is 7.72. The van der Waals surface area contributed by atoms with E-state index in [-0.39, 0.29) is 0 Å². The minimum atomic E-state index is -0.644. The Kier molecular flexibility index (Phi) is 7.88. The van der Waals surface area contributed by atoms with Crippen LogP contribution in [-0.4, -0.2) is 42.3 Å². The monoisotopic (exact) mass is 356 g/mol. The molecule has 120 valence electrons. The summed E-state index contributed by atoms with van der Waals surface area (Å²) in [7, 11) is 2.06. The van der Waals surface area contributed by atoms with Crippen LogP contribution in [0.1, 0.15) is 45.2 Å². The molecular formula is C17H29BrN2O. The maximum atomic E-state index is 9.89. The van der Waals surface area contributed by atoms with E-state index in [1.165, 1.54) is 5.56 Å². The molecule has 0 aliphatic rings. The Morgan fingerprint density at radius 2 is 2.00 bits per heavy atom. The summed E-state index contributed by atoms with van der Waals surface area (Å²) in [5.74, 6) is 0. The quantitative estimate of drug-likeness (QED) is 0.709. The largest absolute Gasteiger partial charge is 0.389 e. The zero-order chi connectivity index (χ0) is 15.9. The van der Waals surface area contributed by atoms with Crippen molar-refractivity contribution in [2.75, 3.05) is 26.7 Å². The molecule has 1 atom stereocenters. The average Bonchev–Trinajstić information content (AvgIpc) is 2.38. The Morgan fingerprint density at radius 1 is 1.33 bits per heavy atom. The summed E-state index contributed by atoms with van der Waals surface area (Å²) >= 11 is 3.65. The number of nitrogens with one attached hydrogen (secondary N) is 1. The third-order valence-corrected chi connectivity index (χ3v) is 4.10. The molecule has 21 heavy (non-hydrogen) atoms. The Labute approximate surface area is 137 Å². The normalized spacial score (nSPS) is 13.7. The lowest BCUT2D eigenvalue weighted by Gasteiger charge is -2.28. The third kappa shape index (κ3) is 7.41. The molecule has 0 saturated heterocycles. The van der Waals surface area contributed by atoms with Crippen LogP contribution >= 0.6 is 15.9 Å².